The number of aliphatic hydroxyl groups is 1. The number of likely N-dealkylation sites (tertiary alicyclic amines) is 1. The predicted octanol–water partition coefficient (Wildman–Crippen LogP) is 0.914. The van der Waals surface area contributed by atoms with Crippen molar-refractivity contribution in [2.45, 2.75) is 38.3 Å². The molecule has 1 aromatic carbocycles. The number of amides is 3. The van der Waals surface area contributed by atoms with Crippen molar-refractivity contribution in [3.8, 4) is 0 Å². The van der Waals surface area contributed by atoms with Gasteiger partial charge in [0.05, 0.1) is 6.10 Å². The molecule has 2 aliphatic rings. The van der Waals surface area contributed by atoms with Crippen LogP contribution >= 0.6 is 0 Å². The molecule has 0 bridgehead atoms. The molecule has 0 saturated carbocycles. The molecule has 0 aliphatic carbocycles. The van der Waals surface area contributed by atoms with Crippen molar-refractivity contribution in [3.63, 3.8) is 0 Å². The second kappa shape index (κ2) is 8.18. The number of carbonyl (C=O) groups excluding carboxylic acids is 2. The van der Waals surface area contributed by atoms with Crippen LogP contribution in [0.25, 0.3) is 0 Å². The van der Waals surface area contributed by atoms with Gasteiger partial charge in [-0.15, -0.1) is 0 Å². The van der Waals surface area contributed by atoms with E-state index in [1.165, 1.54) is 0 Å². The maximum Gasteiger partial charge on any atom is 0.322 e. The summed E-state index contributed by atoms with van der Waals surface area (Å²) >= 11 is 0. The third-order valence-corrected chi connectivity index (χ3v) is 5.81. The first kappa shape index (κ1) is 20.1. The summed E-state index contributed by atoms with van der Waals surface area (Å²) in [5.41, 5.74) is 1.17. The first-order valence-corrected chi connectivity index (χ1v) is 9.67. The van der Waals surface area contributed by atoms with E-state index in [0.29, 0.717) is 6.54 Å². The monoisotopic (exact) mass is 387 g/mol. The van der Waals surface area contributed by atoms with Gasteiger partial charge in [0.2, 0.25) is 0 Å². The summed E-state index contributed by atoms with van der Waals surface area (Å²) in [6, 6.07) is 7.40. The van der Waals surface area contributed by atoms with Crippen LogP contribution in [-0.4, -0.2) is 60.1 Å². The van der Waals surface area contributed by atoms with Crippen LogP contribution in [-0.2, 0) is 4.79 Å². The van der Waals surface area contributed by atoms with E-state index in [-0.39, 0.29) is 11.8 Å². The van der Waals surface area contributed by atoms with Crippen LogP contribution in [0, 0.1) is 12.8 Å². The molecule has 28 heavy (non-hydrogen) atoms. The Bertz CT molecular complexity index is 756. The summed E-state index contributed by atoms with van der Waals surface area (Å²) in [5.74, 6) is 0.556. The molecule has 4 N–H and O–H groups in total. The van der Waals surface area contributed by atoms with Crippen molar-refractivity contribution in [3.05, 3.63) is 35.4 Å². The zero-order valence-corrected chi connectivity index (χ0v) is 16.7. The number of aryl methyl sites for hydroxylation is 1. The van der Waals surface area contributed by atoms with Gasteiger partial charge in [0, 0.05) is 26.7 Å². The molecule has 8 heteroatoms. The molecule has 2 unspecified atom stereocenters. The van der Waals surface area contributed by atoms with E-state index in [0.717, 1.165) is 43.0 Å². The van der Waals surface area contributed by atoms with E-state index in [1.807, 2.05) is 31.2 Å². The van der Waals surface area contributed by atoms with Crippen LogP contribution in [0.2, 0.25) is 0 Å². The Hall–Kier alpha value is -2.61. The SMILES string of the molecule is CN=C(NCC(O)c1ccc(C)cc1)N1CCC(C2(C)NC(=O)NC2=O)CC1. The van der Waals surface area contributed by atoms with Crippen LogP contribution < -0.4 is 16.0 Å². The lowest BCUT2D eigenvalue weighted by Crippen LogP contribution is -2.55. The molecule has 2 atom stereocenters. The van der Waals surface area contributed by atoms with Gasteiger partial charge in [0.1, 0.15) is 5.54 Å². The number of benzene rings is 1. The number of rotatable bonds is 4. The molecule has 3 amide bonds. The van der Waals surface area contributed by atoms with Crippen molar-refractivity contribution in [1.29, 1.82) is 0 Å². The van der Waals surface area contributed by atoms with E-state index >= 15 is 0 Å². The van der Waals surface area contributed by atoms with Gasteiger partial charge < -0.3 is 20.6 Å². The molecule has 152 valence electrons. The van der Waals surface area contributed by atoms with Crippen molar-refractivity contribution in [1.82, 2.24) is 20.9 Å². The number of guanidine groups is 1. The lowest BCUT2D eigenvalue weighted by molar-refractivity contribution is -0.125. The number of nitrogens with one attached hydrogen (secondary N) is 3. The highest BCUT2D eigenvalue weighted by Gasteiger charge is 2.48. The Kier molecular flexibility index (Phi) is 5.88. The van der Waals surface area contributed by atoms with Crippen LogP contribution in [0.15, 0.2) is 29.3 Å². The summed E-state index contributed by atoms with van der Waals surface area (Å²) in [6.45, 7) is 5.62. The first-order valence-electron chi connectivity index (χ1n) is 9.67. The zero-order chi connectivity index (χ0) is 20.3. The summed E-state index contributed by atoms with van der Waals surface area (Å²) < 4.78 is 0. The molecule has 1 aromatic rings. The molecular formula is C20H29N5O3. The molecule has 2 aliphatic heterocycles. The Morgan fingerprint density at radius 1 is 1.32 bits per heavy atom. The van der Waals surface area contributed by atoms with Gasteiger partial charge in [-0.25, -0.2) is 4.79 Å². The Labute approximate surface area is 165 Å². The second-order valence-corrected chi connectivity index (χ2v) is 7.73. The van der Waals surface area contributed by atoms with Crippen LogP contribution in [0.5, 0.6) is 0 Å². The number of carbonyl (C=O) groups is 2. The number of urea groups is 1. The van der Waals surface area contributed by atoms with Crippen molar-refractivity contribution in [2.75, 3.05) is 26.7 Å². The van der Waals surface area contributed by atoms with Gasteiger partial charge in [-0.05, 0) is 38.2 Å². The maximum atomic E-state index is 12.1. The van der Waals surface area contributed by atoms with Gasteiger partial charge >= 0.3 is 6.03 Å². The largest absolute Gasteiger partial charge is 0.387 e. The molecule has 2 heterocycles. The molecule has 8 nitrogen and oxygen atoms in total. The van der Waals surface area contributed by atoms with Gasteiger partial charge in [-0.2, -0.15) is 0 Å². The highest BCUT2D eigenvalue weighted by Crippen LogP contribution is 2.30. The smallest absolute Gasteiger partial charge is 0.322 e. The number of hydrogen-bond donors (Lipinski definition) is 4. The molecular weight excluding hydrogens is 358 g/mol. The number of nitrogens with zero attached hydrogens (tertiary/aromatic N) is 2. The average molecular weight is 387 g/mol. The molecule has 2 fully saturated rings. The van der Waals surface area contributed by atoms with Crippen molar-refractivity contribution in [2.24, 2.45) is 10.9 Å². The summed E-state index contributed by atoms with van der Waals surface area (Å²) in [5, 5.41) is 18.8. The summed E-state index contributed by atoms with van der Waals surface area (Å²) in [6.07, 6.45) is 0.919. The van der Waals surface area contributed by atoms with Gasteiger partial charge in [0.15, 0.2) is 5.96 Å². The van der Waals surface area contributed by atoms with E-state index in [9.17, 15) is 14.7 Å². The minimum absolute atomic E-state index is 0.0754. The fourth-order valence-electron chi connectivity index (χ4n) is 3.94. The summed E-state index contributed by atoms with van der Waals surface area (Å²) in [4.78, 5) is 30.1. The number of aliphatic imine (C=N–C) groups is 1. The molecule has 0 spiro atoms. The third-order valence-electron chi connectivity index (χ3n) is 5.81. The number of piperidine rings is 1. The quantitative estimate of drug-likeness (QED) is 0.349. The van der Waals surface area contributed by atoms with Gasteiger partial charge in [-0.3, -0.25) is 15.1 Å². The number of hydrogen-bond acceptors (Lipinski definition) is 4. The topological polar surface area (TPSA) is 106 Å². The Morgan fingerprint density at radius 2 is 1.96 bits per heavy atom. The highest BCUT2D eigenvalue weighted by molar-refractivity contribution is 6.07. The average Bonchev–Trinajstić information content (AvgIpc) is 2.95. The molecule has 0 aromatic heterocycles. The van der Waals surface area contributed by atoms with Gasteiger partial charge in [0.25, 0.3) is 5.91 Å². The normalized spacial score (nSPS) is 24.7. The summed E-state index contributed by atoms with van der Waals surface area (Å²) in [7, 11) is 1.72. The van der Waals surface area contributed by atoms with Gasteiger partial charge in [-0.1, -0.05) is 29.8 Å². The van der Waals surface area contributed by atoms with E-state index in [2.05, 4.69) is 25.8 Å². The lowest BCUT2D eigenvalue weighted by atomic mass is 9.79. The molecule has 0 radical (unpaired) electrons. The van der Waals surface area contributed by atoms with Crippen molar-refractivity contribution >= 4 is 17.9 Å². The Balaban J connectivity index is 1.53. The lowest BCUT2D eigenvalue weighted by Gasteiger charge is -2.39. The standard InChI is InChI=1S/C20H29N5O3/c1-13-4-6-14(7-5-13)16(26)12-22-18(21-3)25-10-8-15(9-11-25)20(2)17(27)23-19(28)24-20/h4-7,15-16,26H,8-12H2,1-3H3,(H,21,22)(H2,23,24,27,28). The van der Waals surface area contributed by atoms with Crippen LogP contribution in [0.3, 0.4) is 0 Å². The third kappa shape index (κ3) is 4.11. The minimum Gasteiger partial charge on any atom is -0.387 e. The fourth-order valence-corrected chi connectivity index (χ4v) is 3.94. The predicted molar refractivity (Wildman–Crippen MR) is 107 cm³/mol. The first-order chi connectivity index (χ1) is 13.3. The zero-order valence-electron chi connectivity index (χ0n) is 16.7. The van der Waals surface area contributed by atoms with E-state index in [1.54, 1.807) is 14.0 Å². The maximum absolute atomic E-state index is 12.1. The number of imide groups is 1. The number of aliphatic hydroxyl groups excluding tert-OH is 1. The molecule has 2 saturated heterocycles. The molecule has 3 rings (SSSR count). The van der Waals surface area contributed by atoms with Crippen LogP contribution in [0.4, 0.5) is 4.79 Å². The fraction of sp³-hybridized carbons (Fsp3) is 0.550. The minimum atomic E-state index is -0.845. The Morgan fingerprint density at radius 3 is 2.50 bits per heavy atom. The van der Waals surface area contributed by atoms with E-state index in [4.69, 9.17) is 0 Å². The van der Waals surface area contributed by atoms with E-state index < -0.39 is 17.7 Å². The second-order valence-electron chi connectivity index (χ2n) is 7.73. The van der Waals surface area contributed by atoms with Crippen LogP contribution in [0.1, 0.15) is 37.0 Å². The highest BCUT2D eigenvalue weighted by atomic mass is 16.3. The van der Waals surface area contributed by atoms with Crippen molar-refractivity contribution < 1.29 is 14.7 Å².